The van der Waals surface area contributed by atoms with Crippen LogP contribution < -0.4 is 5.32 Å². The molecule has 0 spiro atoms. The van der Waals surface area contributed by atoms with Crippen molar-refractivity contribution in [3.63, 3.8) is 0 Å². The number of pyridine rings is 1. The van der Waals surface area contributed by atoms with E-state index >= 15 is 0 Å². The van der Waals surface area contributed by atoms with Crippen LogP contribution in [0.1, 0.15) is 36.1 Å². The second-order valence-corrected chi connectivity index (χ2v) is 7.02. The summed E-state index contributed by atoms with van der Waals surface area (Å²) in [6.07, 6.45) is 1.67. The van der Waals surface area contributed by atoms with Crippen molar-refractivity contribution < 1.29 is 14.3 Å². The predicted octanol–water partition coefficient (Wildman–Crippen LogP) is 2.59. The normalized spacial score (nSPS) is 11.1. The molecule has 2 aromatic rings. The number of amides is 1. The molecule has 1 N–H and O–H groups in total. The minimum atomic E-state index is -0.550. The molecular weight excluding hydrogens is 314 g/mol. The van der Waals surface area contributed by atoms with E-state index in [4.69, 9.17) is 4.74 Å². The van der Waals surface area contributed by atoms with Gasteiger partial charge in [0.05, 0.1) is 11.4 Å². The van der Waals surface area contributed by atoms with Gasteiger partial charge < -0.3 is 10.1 Å². The molecule has 2 aromatic heterocycles. The van der Waals surface area contributed by atoms with Gasteiger partial charge in [-0.3, -0.25) is 9.78 Å². The van der Waals surface area contributed by atoms with E-state index in [2.05, 4.69) is 15.3 Å². The van der Waals surface area contributed by atoms with Gasteiger partial charge in [0.15, 0.2) is 6.61 Å². The van der Waals surface area contributed by atoms with E-state index in [-0.39, 0.29) is 18.1 Å². The van der Waals surface area contributed by atoms with Gasteiger partial charge in [-0.2, -0.15) is 0 Å². The van der Waals surface area contributed by atoms with Crippen LogP contribution >= 0.6 is 11.3 Å². The minimum absolute atomic E-state index is 0.313. The van der Waals surface area contributed by atoms with Crippen LogP contribution in [0, 0.1) is 6.92 Å². The smallest absolute Gasteiger partial charge is 0.350 e. The Hall–Kier alpha value is -2.28. The summed E-state index contributed by atoms with van der Waals surface area (Å²) in [4.78, 5) is 32.8. The van der Waals surface area contributed by atoms with Gasteiger partial charge in [0.2, 0.25) is 0 Å². The summed E-state index contributed by atoms with van der Waals surface area (Å²) < 4.78 is 5.06. The zero-order valence-electron chi connectivity index (χ0n) is 13.5. The number of nitrogens with zero attached hydrogens (tertiary/aromatic N) is 2. The summed E-state index contributed by atoms with van der Waals surface area (Å²) in [5, 5.41) is 3.38. The Morgan fingerprint density at radius 3 is 2.65 bits per heavy atom. The number of ether oxygens (including phenoxy) is 1. The number of rotatable bonds is 4. The largest absolute Gasteiger partial charge is 0.451 e. The number of aryl methyl sites for hydroxylation is 1. The topological polar surface area (TPSA) is 81.2 Å². The molecule has 122 valence electrons. The first kappa shape index (κ1) is 17.1. The van der Waals surface area contributed by atoms with Crippen molar-refractivity contribution in [2.75, 3.05) is 6.61 Å². The molecule has 0 fully saturated rings. The average Bonchev–Trinajstić information content (AvgIpc) is 2.86. The highest BCUT2D eigenvalue weighted by molar-refractivity contribution is 7.17. The Balaban J connectivity index is 2.03. The third-order valence-corrected chi connectivity index (χ3v) is 3.87. The van der Waals surface area contributed by atoms with Crippen LogP contribution in [-0.2, 0) is 9.53 Å². The number of carbonyl (C=O) groups excluding carboxylic acids is 2. The van der Waals surface area contributed by atoms with Gasteiger partial charge in [-0.1, -0.05) is 6.07 Å². The van der Waals surface area contributed by atoms with Crippen LogP contribution in [0.2, 0.25) is 0 Å². The van der Waals surface area contributed by atoms with Crippen LogP contribution in [0.15, 0.2) is 24.4 Å². The first-order valence-corrected chi connectivity index (χ1v) is 7.95. The Bertz CT molecular complexity index is 705. The summed E-state index contributed by atoms with van der Waals surface area (Å²) in [7, 11) is 0. The molecular formula is C16H19N3O3S. The van der Waals surface area contributed by atoms with E-state index in [0.29, 0.717) is 21.3 Å². The molecule has 6 nitrogen and oxygen atoms in total. The Morgan fingerprint density at radius 2 is 2.04 bits per heavy atom. The van der Waals surface area contributed by atoms with E-state index in [1.54, 1.807) is 13.1 Å². The first-order chi connectivity index (χ1) is 10.8. The molecule has 1 amide bonds. The summed E-state index contributed by atoms with van der Waals surface area (Å²) >= 11 is 1.21. The molecule has 0 aliphatic heterocycles. The molecule has 2 heterocycles. The van der Waals surface area contributed by atoms with E-state index in [0.717, 1.165) is 0 Å². The van der Waals surface area contributed by atoms with Gasteiger partial charge in [0.25, 0.3) is 5.91 Å². The number of hydrogen-bond acceptors (Lipinski definition) is 6. The van der Waals surface area contributed by atoms with E-state index < -0.39 is 5.97 Å². The molecule has 0 radical (unpaired) electrons. The zero-order valence-corrected chi connectivity index (χ0v) is 14.4. The quantitative estimate of drug-likeness (QED) is 0.870. The molecule has 0 saturated heterocycles. The minimum Gasteiger partial charge on any atom is -0.451 e. The lowest BCUT2D eigenvalue weighted by molar-refractivity contribution is -0.125. The number of hydrogen-bond donors (Lipinski definition) is 1. The van der Waals surface area contributed by atoms with Gasteiger partial charge in [0, 0.05) is 11.7 Å². The fourth-order valence-corrected chi connectivity index (χ4v) is 2.77. The number of aromatic nitrogens is 2. The van der Waals surface area contributed by atoms with Gasteiger partial charge in [0.1, 0.15) is 9.88 Å². The highest BCUT2D eigenvalue weighted by atomic mass is 32.1. The molecule has 7 heteroatoms. The molecule has 0 aliphatic carbocycles. The van der Waals surface area contributed by atoms with Crippen molar-refractivity contribution >= 4 is 23.2 Å². The standard InChI is InChI=1S/C16H19N3O3S/c1-10-13(15(21)22-9-12(20)19-16(2,3)4)23-14(18-10)11-7-5-6-8-17-11/h5-8H,9H2,1-4H3,(H,19,20). The summed E-state index contributed by atoms with van der Waals surface area (Å²) in [6, 6.07) is 5.49. The molecule has 23 heavy (non-hydrogen) atoms. The number of esters is 1. The van der Waals surface area contributed by atoms with Gasteiger partial charge >= 0.3 is 5.97 Å². The Kier molecular flexibility index (Phi) is 5.10. The van der Waals surface area contributed by atoms with Crippen LogP contribution in [0.3, 0.4) is 0 Å². The summed E-state index contributed by atoms with van der Waals surface area (Å²) in [6.45, 7) is 7.00. The molecule has 0 aliphatic rings. The van der Waals surface area contributed by atoms with Crippen molar-refractivity contribution in [3.8, 4) is 10.7 Å². The fraction of sp³-hybridized carbons (Fsp3) is 0.375. The number of nitrogens with one attached hydrogen (secondary N) is 1. The van der Waals surface area contributed by atoms with E-state index in [1.165, 1.54) is 11.3 Å². The van der Waals surface area contributed by atoms with Crippen LogP contribution in [0.4, 0.5) is 0 Å². The Labute approximate surface area is 138 Å². The van der Waals surface area contributed by atoms with Crippen LogP contribution in [0.25, 0.3) is 10.7 Å². The molecule has 0 atom stereocenters. The van der Waals surface area contributed by atoms with Gasteiger partial charge in [-0.15, -0.1) is 11.3 Å². The maximum absolute atomic E-state index is 12.1. The molecule has 0 bridgehead atoms. The lowest BCUT2D eigenvalue weighted by Gasteiger charge is -2.20. The lowest BCUT2D eigenvalue weighted by atomic mass is 10.1. The first-order valence-electron chi connectivity index (χ1n) is 7.13. The molecule has 0 saturated carbocycles. The fourth-order valence-electron chi connectivity index (χ4n) is 1.84. The van der Waals surface area contributed by atoms with E-state index in [1.807, 2.05) is 39.0 Å². The zero-order chi connectivity index (χ0) is 17.0. The molecule has 0 aromatic carbocycles. The summed E-state index contributed by atoms with van der Waals surface area (Å²) in [5.74, 6) is -0.885. The van der Waals surface area contributed by atoms with Gasteiger partial charge in [-0.05, 0) is 39.8 Å². The summed E-state index contributed by atoms with van der Waals surface area (Å²) in [5.41, 5.74) is 0.901. The van der Waals surface area contributed by atoms with Crippen molar-refractivity contribution in [2.45, 2.75) is 33.2 Å². The van der Waals surface area contributed by atoms with Crippen molar-refractivity contribution in [1.29, 1.82) is 0 Å². The highest BCUT2D eigenvalue weighted by Gasteiger charge is 2.20. The van der Waals surface area contributed by atoms with Crippen molar-refractivity contribution in [3.05, 3.63) is 35.0 Å². The maximum Gasteiger partial charge on any atom is 0.350 e. The van der Waals surface area contributed by atoms with Crippen LogP contribution in [0.5, 0.6) is 0 Å². The van der Waals surface area contributed by atoms with Crippen LogP contribution in [-0.4, -0.2) is 34.0 Å². The third-order valence-electron chi connectivity index (χ3n) is 2.71. The molecule has 2 rings (SSSR count). The molecule has 0 unspecified atom stereocenters. The second kappa shape index (κ2) is 6.87. The lowest BCUT2D eigenvalue weighted by Crippen LogP contribution is -2.42. The SMILES string of the molecule is Cc1nc(-c2ccccn2)sc1C(=O)OCC(=O)NC(C)(C)C. The van der Waals surface area contributed by atoms with Gasteiger partial charge in [-0.25, -0.2) is 9.78 Å². The number of thiazole rings is 1. The average molecular weight is 333 g/mol. The third kappa shape index (κ3) is 4.85. The predicted molar refractivity (Wildman–Crippen MR) is 88.3 cm³/mol. The Morgan fingerprint density at radius 1 is 1.30 bits per heavy atom. The second-order valence-electron chi connectivity index (χ2n) is 6.02. The number of carbonyl (C=O) groups is 2. The highest BCUT2D eigenvalue weighted by Crippen LogP contribution is 2.26. The maximum atomic E-state index is 12.1. The monoisotopic (exact) mass is 333 g/mol. The van der Waals surface area contributed by atoms with Crippen molar-refractivity contribution in [1.82, 2.24) is 15.3 Å². The van der Waals surface area contributed by atoms with E-state index in [9.17, 15) is 9.59 Å². The van der Waals surface area contributed by atoms with Crippen molar-refractivity contribution in [2.24, 2.45) is 0 Å².